The van der Waals surface area contributed by atoms with Crippen LogP contribution in [0.25, 0.3) is 0 Å². The first-order chi connectivity index (χ1) is 23.1. The van der Waals surface area contributed by atoms with Crippen LogP contribution in [-0.4, -0.2) is 121 Å². The van der Waals surface area contributed by atoms with E-state index in [1.165, 1.54) is 27.9 Å². The highest BCUT2D eigenvalue weighted by Crippen LogP contribution is 2.42. The number of likely N-dealkylation sites (N-methyl/N-ethyl adjacent to an activating group) is 1. The van der Waals surface area contributed by atoms with Gasteiger partial charge in [-0.2, -0.15) is 0 Å². The molecule has 3 heterocycles. The molecule has 0 aromatic heterocycles. The normalized spacial score (nSPS) is 40.4. The quantitative estimate of drug-likeness (QED) is 0.232. The SMILES string of the molecule is CC[C@H]1OC(=O)[C@H](C)C(=O)[C@H](C)[C@@H](O[C@@H]2O[C@H](C)C[C@H](N(C)C)[C@H]2OC(C)=O)[C@](C)(OC)C[C@@H](C)C(=O)[C@H](C)[C@H]2N(NC(C)=O)C(=O)O[C@]12C. The van der Waals surface area contributed by atoms with Crippen LogP contribution >= 0.6 is 0 Å². The number of carbonyl (C=O) groups excluding carboxylic acids is 6. The molecule has 50 heavy (non-hydrogen) atoms. The van der Waals surface area contributed by atoms with Gasteiger partial charge in [0.2, 0.25) is 5.91 Å². The molecule has 0 aliphatic carbocycles. The number of hydrazine groups is 1. The lowest BCUT2D eigenvalue weighted by Crippen LogP contribution is -2.62. The highest BCUT2D eigenvalue weighted by atomic mass is 16.7. The summed E-state index contributed by atoms with van der Waals surface area (Å²) in [4.78, 5) is 82.0. The molecule has 0 unspecified atom stereocenters. The van der Waals surface area contributed by atoms with Crippen LogP contribution in [0.5, 0.6) is 0 Å². The summed E-state index contributed by atoms with van der Waals surface area (Å²) in [6, 6.07) is -1.37. The maximum absolute atomic E-state index is 14.4. The van der Waals surface area contributed by atoms with Gasteiger partial charge in [0.25, 0.3) is 0 Å². The van der Waals surface area contributed by atoms with Gasteiger partial charge in [0, 0.05) is 38.7 Å². The van der Waals surface area contributed by atoms with Crippen molar-refractivity contribution in [1.29, 1.82) is 0 Å². The van der Waals surface area contributed by atoms with Crippen molar-refractivity contribution < 1.29 is 57.2 Å². The molecule has 3 aliphatic heterocycles. The van der Waals surface area contributed by atoms with Gasteiger partial charge in [-0.15, -0.1) is 0 Å². The second-order valence-corrected chi connectivity index (χ2v) is 14.8. The van der Waals surface area contributed by atoms with Gasteiger partial charge in [-0.25, -0.2) is 9.80 Å². The molecule has 0 aromatic carbocycles. The van der Waals surface area contributed by atoms with E-state index in [2.05, 4.69) is 5.43 Å². The third-order valence-corrected chi connectivity index (χ3v) is 10.6. The summed E-state index contributed by atoms with van der Waals surface area (Å²) in [5.74, 6) is -6.76. The first-order valence-electron chi connectivity index (χ1n) is 17.4. The van der Waals surface area contributed by atoms with E-state index in [0.717, 1.165) is 5.01 Å². The zero-order valence-corrected chi connectivity index (χ0v) is 31.8. The van der Waals surface area contributed by atoms with E-state index in [9.17, 15) is 28.8 Å². The van der Waals surface area contributed by atoms with Crippen molar-refractivity contribution in [3.05, 3.63) is 0 Å². The van der Waals surface area contributed by atoms with Crippen molar-refractivity contribution in [1.82, 2.24) is 15.3 Å². The molecule has 3 saturated heterocycles. The number of nitrogens with zero attached hydrogens (tertiary/aromatic N) is 2. The van der Waals surface area contributed by atoms with Crippen molar-refractivity contribution in [2.75, 3.05) is 21.2 Å². The zero-order valence-electron chi connectivity index (χ0n) is 31.8. The monoisotopic (exact) mass is 711 g/mol. The van der Waals surface area contributed by atoms with Crippen molar-refractivity contribution in [2.45, 2.75) is 142 Å². The van der Waals surface area contributed by atoms with Crippen LogP contribution in [-0.2, 0) is 52.4 Å². The molecule has 0 spiro atoms. The number of cyclic esters (lactones) is 1. The minimum Gasteiger partial charge on any atom is -0.457 e. The second kappa shape index (κ2) is 16.0. The number of esters is 2. The van der Waals surface area contributed by atoms with Crippen LogP contribution < -0.4 is 5.43 Å². The summed E-state index contributed by atoms with van der Waals surface area (Å²) >= 11 is 0. The van der Waals surface area contributed by atoms with Crippen LogP contribution in [0.15, 0.2) is 0 Å². The van der Waals surface area contributed by atoms with E-state index in [4.69, 9.17) is 28.4 Å². The van der Waals surface area contributed by atoms with Crippen LogP contribution in [0.1, 0.15) is 88.5 Å². The Balaban J connectivity index is 2.18. The van der Waals surface area contributed by atoms with Crippen LogP contribution in [0.3, 0.4) is 0 Å². The summed E-state index contributed by atoms with van der Waals surface area (Å²) in [5, 5.41) is 0.982. The van der Waals surface area contributed by atoms with E-state index in [1.807, 2.05) is 25.9 Å². The molecule has 3 aliphatic rings. The summed E-state index contributed by atoms with van der Waals surface area (Å²) in [7, 11) is 5.15. The summed E-state index contributed by atoms with van der Waals surface area (Å²) in [5.41, 5.74) is -0.434. The second-order valence-electron chi connectivity index (χ2n) is 14.8. The van der Waals surface area contributed by atoms with Crippen LogP contribution in [0.2, 0.25) is 0 Å². The summed E-state index contributed by atoms with van der Waals surface area (Å²) in [6.07, 6.45) is -4.67. The topological polar surface area (TPSA) is 176 Å². The fourth-order valence-electron chi connectivity index (χ4n) is 7.96. The standard InChI is InChI=1S/C35H57N3O12/c1-14-25-35(10)29(38(33(44)50-35)36-22(7)39)19(4)26(41)17(2)16-34(9,45-13)30(20(5)27(42)21(6)31(43)48-25)49-32-28(47-23(8)40)24(37(11)12)15-18(3)46-32/h17-21,24-25,28-30,32H,14-16H2,1-13H3,(H,36,39)/t17-,18-,19+,20+,21-,24+,25-,28-,29-,30-,32+,34-,35-/m1/s1. The molecule has 0 aromatic rings. The van der Waals surface area contributed by atoms with Gasteiger partial charge in [0.1, 0.15) is 23.8 Å². The molecule has 3 fully saturated rings. The van der Waals surface area contributed by atoms with Crippen LogP contribution in [0.4, 0.5) is 4.79 Å². The van der Waals surface area contributed by atoms with Gasteiger partial charge in [-0.3, -0.25) is 29.4 Å². The molecule has 0 bridgehead atoms. The number of amides is 2. The van der Waals surface area contributed by atoms with Gasteiger partial charge < -0.3 is 33.3 Å². The number of carbonyl (C=O) groups is 6. The molecule has 0 radical (unpaired) electrons. The highest BCUT2D eigenvalue weighted by Gasteiger charge is 2.61. The lowest BCUT2D eigenvalue weighted by Gasteiger charge is -2.47. The maximum atomic E-state index is 14.4. The van der Waals surface area contributed by atoms with Crippen molar-refractivity contribution in [3.8, 4) is 0 Å². The molecule has 284 valence electrons. The van der Waals surface area contributed by atoms with Gasteiger partial charge in [0.05, 0.1) is 23.9 Å². The molecule has 1 N–H and O–H groups in total. The fraction of sp³-hybridized carbons (Fsp3) is 0.829. The predicted molar refractivity (Wildman–Crippen MR) is 178 cm³/mol. The van der Waals surface area contributed by atoms with Crippen molar-refractivity contribution in [3.63, 3.8) is 0 Å². The van der Waals surface area contributed by atoms with E-state index >= 15 is 0 Å². The number of hydrogen-bond donors (Lipinski definition) is 1. The lowest BCUT2D eigenvalue weighted by atomic mass is 9.73. The Labute approximate surface area is 295 Å². The Hall–Kier alpha value is -3.14. The number of ketones is 2. The molecule has 3 rings (SSSR count). The van der Waals surface area contributed by atoms with E-state index in [-0.39, 0.29) is 30.8 Å². The van der Waals surface area contributed by atoms with Crippen LogP contribution in [0, 0.1) is 23.7 Å². The largest absolute Gasteiger partial charge is 0.457 e. The Kier molecular flexibility index (Phi) is 13.2. The first-order valence-corrected chi connectivity index (χ1v) is 17.4. The third-order valence-electron chi connectivity index (χ3n) is 10.6. The molecule has 13 atom stereocenters. The Morgan fingerprint density at radius 2 is 1.62 bits per heavy atom. The molecule has 0 saturated carbocycles. The minimum absolute atomic E-state index is 0.0426. The Morgan fingerprint density at radius 1 is 1.00 bits per heavy atom. The predicted octanol–water partition coefficient (Wildman–Crippen LogP) is 2.81. The number of rotatable bonds is 7. The third kappa shape index (κ3) is 8.32. The summed E-state index contributed by atoms with van der Waals surface area (Å²) < 4.78 is 36.5. The number of hydrogen-bond acceptors (Lipinski definition) is 13. The highest BCUT2D eigenvalue weighted by molar-refractivity contribution is 6.00. The Morgan fingerprint density at radius 3 is 2.14 bits per heavy atom. The maximum Gasteiger partial charge on any atom is 0.429 e. The number of ether oxygens (including phenoxy) is 6. The molecule has 15 heteroatoms. The zero-order chi connectivity index (χ0) is 38.0. The number of Topliss-reactive ketones (excluding diaryl/α,β-unsaturated/α-hetero) is 2. The van der Waals surface area contributed by atoms with E-state index in [0.29, 0.717) is 6.42 Å². The molecule has 15 nitrogen and oxygen atoms in total. The first kappa shape index (κ1) is 41.3. The lowest BCUT2D eigenvalue weighted by molar-refractivity contribution is -0.298. The van der Waals surface area contributed by atoms with Gasteiger partial charge in [0.15, 0.2) is 23.8 Å². The molecular weight excluding hydrogens is 654 g/mol. The Bertz CT molecular complexity index is 1310. The summed E-state index contributed by atoms with van der Waals surface area (Å²) in [6.45, 7) is 15.8. The average Bonchev–Trinajstić information content (AvgIpc) is 3.28. The minimum atomic E-state index is -1.57. The molecular formula is C35H57N3O12. The molecule has 2 amide bonds. The smallest absolute Gasteiger partial charge is 0.429 e. The number of nitrogens with one attached hydrogen (secondary N) is 1. The van der Waals surface area contributed by atoms with E-state index in [1.54, 1.807) is 41.5 Å². The fourth-order valence-corrected chi connectivity index (χ4v) is 7.96. The van der Waals surface area contributed by atoms with Crippen molar-refractivity contribution >= 4 is 35.5 Å². The van der Waals surface area contributed by atoms with Crippen molar-refractivity contribution in [2.24, 2.45) is 23.7 Å². The number of fused-ring (bicyclic) bond motifs is 1. The van der Waals surface area contributed by atoms with Gasteiger partial charge in [-0.05, 0) is 61.1 Å². The average molecular weight is 712 g/mol. The van der Waals surface area contributed by atoms with Gasteiger partial charge >= 0.3 is 18.0 Å². The number of methoxy groups -OCH3 is 1. The van der Waals surface area contributed by atoms with Gasteiger partial charge in [-0.1, -0.05) is 27.7 Å². The van der Waals surface area contributed by atoms with E-state index < -0.39 is 95.2 Å².